The van der Waals surface area contributed by atoms with E-state index in [4.69, 9.17) is 4.98 Å². The van der Waals surface area contributed by atoms with Gasteiger partial charge in [0, 0.05) is 42.3 Å². The molecule has 53 heavy (non-hydrogen) atoms. The molecule has 0 atom stereocenters. The molecule has 2 nitrogen and oxygen atoms in total. The molecule has 6 aromatic rings. The summed E-state index contributed by atoms with van der Waals surface area (Å²) in [5.41, 5.74) is 12.0. The van der Waals surface area contributed by atoms with Gasteiger partial charge < -0.3 is 4.57 Å². The van der Waals surface area contributed by atoms with Gasteiger partial charge in [-0.15, -0.1) is 40.2 Å². The maximum Gasteiger partial charge on any atom is 0.0978 e. The summed E-state index contributed by atoms with van der Waals surface area (Å²) in [5, 5.41) is 2.22. The molecule has 11 rings (SSSR count). The largest absolute Gasteiger partial charge is 0.320 e. The minimum atomic E-state index is -2.28. The zero-order valence-electron chi connectivity index (χ0n) is 30.9. The van der Waals surface area contributed by atoms with E-state index in [0.29, 0.717) is 11.3 Å². The van der Waals surface area contributed by atoms with Crippen molar-refractivity contribution in [1.29, 1.82) is 0 Å². The van der Waals surface area contributed by atoms with E-state index in [0.717, 1.165) is 27.5 Å². The van der Waals surface area contributed by atoms with E-state index in [1.54, 1.807) is 0 Å². The quantitative estimate of drug-likeness (QED) is 0.130. The molecule has 2 bridgehead atoms. The minimum Gasteiger partial charge on any atom is -0.320 e. The van der Waals surface area contributed by atoms with Crippen molar-refractivity contribution in [2.75, 3.05) is 0 Å². The summed E-state index contributed by atoms with van der Waals surface area (Å²) in [6.45, 7) is 4.77. The second kappa shape index (κ2) is 14.6. The Morgan fingerprint density at radius 2 is 1.11 bits per heavy atom. The third kappa shape index (κ3) is 5.85. The molecule has 2 fully saturated rings. The normalized spacial score (nSPS) is 22.1. The first-order chi connectivity index (χ1) is 25.4. The second-order valence-corrected chi connectivity index (χ2v) is 19.3. The summed E-state index contributed by atoms with van der Waals surface area (Å²) in [5.74, 6) is 0. The van der Waals surface area contributed by atoms with Crippen LogP contribution in [0.1, 0.15) is 111 Å². The molecule has 2 saturated carbocycles. The van der Waals surface area contributed by atoms with Crippen LogP contribution < -0.4 is 5.30 Å². The Bertz CT molecular complexity index is 2230. The van der Waals surface area contributed by atoms with Gasteiger partial charge >= 0.3 is 0 Å². The zero-order valence-corrected chi connectivity index (χ0v) is 34.2. The van der Waals surface area contributed by atoms with Gasteiger partial charge in [0.2, 0.25) is 0 Å². The molecule has 0 unspecified atom stereocenters. The second-order valence-electron chi connectivity index (χ2n) is 15.9. The van der Waals surface area contributed by atoms with Gasteiger partial charge in [0.15, 0.2) is 0 Å². The predicted octanol–water partition coefficient (Wildman–Crippen LogP) is 12.2. The number of para-hydroxylation sites is 1. The van der Waals surface area contributed by atoms with Gasteiger partial charge in [0.1, 0.15) is 0 Å². The van der Waals surface area contributed by atoms with E-state index in [1.807, 2.05) is 24.3 Å². The summed E-state index contributed by atoms with van der Waals surface area (Å²) >= 11 is 0. The number of fused-ring (bicyclic) bond motifs is 1. The first-order valence-corrected chi connectivity index (χ1v) is 21.5. The molecule has 5 aliphatic rings. The van der Waals surface area contributed by atoms with Crippen molar-refractivity contribution in [3.05, 3.63) is 167 Å². The fraction of sp³-hybridized carbons (Fsp3) is 0.327. The van der Waals surface area contributed by atoms with Gasteiger partial charge in [-0.25, -0.2) is 0 Å². The Labute approximate surface area is 329 Å². The summed E-state index contributed by atoms with van der Waals surface area (Å²) < 4.78 is 14.1. The molecule has 1 aromatic heterocycles. The average Bonchev–Trinajstić information content (AvgIpc) is 3.23. The van der Waals surface area contributed by atoms with Crippen LogP contribution in [0.4, 0.5) is 0 Å². The molecule has 4 heteroatoms. The first kappa shape index (κ1) is 36.4. The van der Waals surface area contributed by atoms with Gasteiger partial charge in [-0.2, -0.15) is 30.3 Å². The molecule has 0 amide bonds. The SMILES string of the molecule is CC12c3c[c-]c(-c4ccc5ccccc5n4)cc3C(C)(c3ccccc31)c1ccccc12.O=P(c1[c-]cccc1)(C1CCCCC1)C1CCCCC1.[Ir]. The third-order valence-corrected chi connectivity index (χ3v) is 17.4. The topological polar surface area (TPSA) is 30.0 Å². The molecule has 1 radical (unpaired) electrons. The van der Waals surface area contributed by atoms with Crippen molar-refractivity contribution in [2.45, 2.75) is 100 Å². The molecular weight excluding hydrogens is 842 g/mol. The average molecular weight is 890 g/mol. The number of hydrogen-bond acceptors (Lipinski definition) is 2. The Morgan fingerprint density at radius 1 is 0.585 bits per heavy atom. The number of pyridine rings is 1. The van der Waals surface area contributed by atoms with Crippen LogP contribution in [0.25, 0.3) is 22.2 Å². The Hall–Kier alpha value is -3.61. The van der Waals surface area contributed by atoms with Gasteiger partial charge in [-0.05, 0) is 72.0 Å². The van der Waals surface area contributed by atoms with Crippen LogP contribution in [-0.2, 0) is 35.5 Å². The van der Waals surface area contributed by atoms with Crippen molar-refractivity contribution in [3.63, 3.8) is 0 Å². The minimum absolute atomic E-state index is 0. The van der Waals surface area contributed by atoms with Crippen molar-refractivity contribution in [1.82, 2.24) is 4.98 Å². The summed E-state index contributed by atoms with van der Waals surface area (Å²) in [6, 6.07) is 50.1. The van der Waals surface area contributed by atoms with Crippen LogP contribution in [0.15, 0.2) is 121 Å². The van der Waals surface area contributed by atoms with Crippen LogP contribution >= 0.6 is 7.14 Å². The van der Waals surface area contributed by atoms with E-state index in [2.05, 4.69) is 123 Å². The summed E-state index contributed by atoms with van der Waals surface area (Å²) in [6.07, 6.45) is 12.5. The van der Waals surface area contributed by atoms with Crippen molar-refractivity contribution < 1.29 is 24.7 Å². The maximum atomic E-state index is 14.1. The fourth-order valence-electron chi connectivity index (χ4n) is 10.5. The van der Waals surface area contributed by atoms with Gasteiger partial charge in [-0.1, -0.05) is 124 Å². The van der Waals surface area contributed by atoms with E-state index in [-0.39, 0.29) is 30.9 Å². The van der Waals surface area contributed by atoms with Crippen molar-refractivity contribution >= 4 is 23.3 Å². The molecule has 0 saturated heterocycles. The van der Waals surface area contributed by atoms with Gasteiger partial charge in [0.05, 0.1) is 12.7 Å². The van der Waals surface area contributed by atoms with Crippen LogP contribution in [0, 0.1) is 12.1 Å². The van der Waals surface area contributed by atoms with Gasteiger partial charge in [0.25, 0.3) is 0 Å². The Balaban J connectivity index is 0.000000165. The molecule has 0 N–H and O–H groups in total. The smallest absolute Gasteiger partial charge is 0.0978 e. The van der Waals surface area contributed by atoms with Crippen LogP contribution in [0.3, 0.4) is 0 Å². The van der Waals surface area contributed by atoms with Crippen LogP contribution in [0.5, 0.6) is 0 Å². The van der Waals surface area contributed by atoms with E-state index in [1.165, 1.54) is 97.6 Å². The summed E-state index contributed by atoms with van der Waals surface area (Å²) in [7, 11) is -2.28. The standard InChI is InChI=1S/C31H22N.C18H26OP.Ir/c1-30-22-10-4-6-12-24(22)31(2,25-13-7-5-11-23(25)30)27-19-21(15-17-26(27)30)29-18-16-20-9-3-8-14-28(20)32-29;19-20(16-10-4-1-5-11-16,17-12-6-2-7-13-17)18-14-8-3-9-15-18;/h3-14,16-19H,1-2H3;1,4-5,10,17-18H,2-3,6-9,12-15H2;/q2*-1;. The number of benzene rings is 5. The fourth-order valence-corrected chi connectivity index (χ4v) is 14.7. The van der Waals surface area contributed by atoms with Crippen molar-refractivity contribution in [2.24, 2.45) is 0 Å². The van der Waals surface area contributed by atoms with Crippen LogP contribution in [0.2, 0.25) is 0 Å². The van der Waals surface area contributed by atoms with Gasteiger partial charge in [-0.3, -0.25) is 4.98 Å². The Kier molecular flexibility index (Phi) is 9.99. The molecule has 5 aliphatic carbocycles. The Morgan fingerprint density at radius 3 is 1.68 bits per heavy atom. The number of rotatable bonds is 4. The third-order valence-electron chi connectivity index (χ3n) is 13.2. The number of aromatic nitrogens is 1. The van der Waals surface area contributed by atoms with E-state index in [9.17, 15) is 4.57 Å². The van der Waals surface area contributed by atoms with Crippen LogP contribution in [-0.4, -0.2) is 16.3 Å². The monoisotopic (exact) mass is 890 g/mol. The van der Waals surface area contributed by atoms with E-state index < -0.39 is 7.14 Å². The zero-order chi connectivity index (χ0) is 35.3. The maximum absolute atomic E-state index is 14.1. The molecule has 0 spiro atoms. The van der Waals surface area contributed by atoms with E-state index >= 15 is 0 Å². The molecular formula is C49H48IrNOP-2. The first-order valence-electron chi connectivity index (χ1n) is 19.6. The van der Waals surface area contributed by atoms with Crippen molar-refractivity contribution in [3.8, 4) is 11.3 Å². The molecule has 1 heterocycles. The number of hydrogen-bond donors (Lipinski definition) is 0. The summed E-state index contributed by atoms with van der Waals surface area (Å²) in [4.78, 5) is 4.95. The molecule has 271 valence electrons. The predicted molar refractivity (Wildman–Crippen MR) is 216 cm³/mol. The number of nitrogens with zero attached hydrogens (tertiary/aromatic N) is 1. The molecule has 0 aliphatic heterocycles. The molecule has 5 aromatic carbocycles.